The molecule has 1 N–H and O–H groups in total. The number of nitrogens with zero attached hydrogens (tertiary/aromatic N) is 1. The minimum atomic E-state index is -1.19. The second-order valence-corrected chi connectivity index (χ2v) is 4.89. The van der Waals surface area contributed by atoms with Crippen LogP contribution in [0.5, 0.6) is 0 Å². The summed E-state index contributed by atoms with van der Waals surface area (Å²) in [5.74, 6) is 0. The topological polar surface area (TPSA) is 91.1 Å². The zero-order chi connectivity index (χ0) is 14.1. The van der Waals surface area contributed by atoms with Crippen molar-refractivity contribution in [1.82, 2.24) is 0 Å². The predicted octanol–water partition coefficient (Wildman–Crippen LogP) is 0.506. The molecule has 3 rings (SSSR count). The van der Waals surface area contributed by atoms with Crippen molar-refractivity contribution in [1.29, 1.82) is 0 Å². The third kappa shape index (κ3) is 2.40. The van der Waals surface area contributed by atoms with E-state index in [2.05, 4.69) is 0 Å². The maximum atomic E-state index is 11.1. The van der Waals surface area contributed by atoms with Crippen LogP contribution in [0.2, 0.25) is 0 Å². The molecule has 2 aliphatic rings. The molecule has 20 heavy (non-hydrogen) atoms. The highest BCUT2D eigenvalue weighted by Gasteiger charge is 2.51. The van der Waals surface area contributed by atoms with Crippen LogP contribution in [-0.4, -0.2) is 47.6 Å². The molecule has 2 saturated heterocycles. The van der Waals surface area contributed by atoms with E-state index in [0.29, 0.717) is 0 Å². The summed E-state index contributed by atoms with van der Waals surface area (Å²) in [6.45, 7) is 0.136. The van der Waals surface area contributed by atoms with Gasteiger partial charge in [-0.1, -0.05) is 30.3 Å². The van der Waals surface area contributed by atoms with Crippen LogP contribution in [0, 0.1) is 10.1 Å². The van der Waals surface area contributed by atoms with E-state index < -0.39 is 35.6 Å². The largest absolute Gasteiger partial charge is 0.383 e. The normalized spacial score (nSPS) is 37.1. The lowest BCUT2D eigenvalue weighted by atomic mass is 9.97. The van der Waals surface area contributed by atoms with Crippen molar-refractivity contribution in [2.75, 3.05) is 13.2 Å². The van der Waals surface area contributed by atoms with Crippen LogP contribution in [0.25, 0.3) is 0 Å². The lowest BCUT2D eigenvalue weighted by molar-refractivity contribution is -0.564. The van der Waals surface area contributed by atoms with Crippen molar-refractivity contribution in [3.8, 4) is 0 Å². The fourth-order valence-corrected chi connectivity index (χ4v) is 2.58. The summed E-state index contributed by atoms with van der Waals surface area (Å²) < 4.78 is 16.6. The number of aliphatic hydroxyl groups is 1. The van der Waals surface area contributed by atoms with Gasteiger partial charge in [-0.2, -0.15) is 0 Å². The Bertz CT molecular complexity index is 481. The highest BCUT2D eigenvalue weighted by Crippen LogP contribution is 2.32. The Hall–Kier alpha value is -1.54. The summed E-state index contributed by atoms with van der Waals surface area (Å²) >= 11 is 0. The lowest BCUT2D eigenvalue weighted by Crippen LogP contribution is -2.60. The fraction of sp³-hybridized carbons (Fsp3) is 0.538. The Morgan fingerprint density at radius 1 is 1.20 bits per heavy atom. The van der Waals surface area contributed by atoms with E-state index in [9.17, 15) is 15.2 Å². The second kappa shape index (κ2) is 5.45. The van der Waals surface area contributed by atoms with Gasteiger partial charge >= 0.3 is 0 Å². The van der Waals surface area contributed by atoms with Gasteiger partial charge in [0.15, 0.2) is 12.4 Å². The van der Waals surface area contributed by atoms with E-state index in [-0.39, 0.29) is 13.2 Å². The van der Waals surface area contributed by atoms with E-state index in [1.165, 1.54) is 0 Å². The number of ether oxygens (including phenoxy) is 3. The van der Waals surface area contributed by atoms with Gasteiger partial charge in [0.2, 0.25) is 0 Å². The number of hydrogen-bond acceptors (Lipinski definition) is 6. The molecule has 0 spiro atoms. The van der Waals surface area contributed by atoms with Gasteiger partial charge in [0.1, 0.15) is 12.2 Å². The van der Waals surface area contributed by atoms with E-state index in [1.54, 1.807) is 0 Å². The smallest absolute Gasteiger partial charge is 0.269 e. The SMILES string of the molecule is O=[N+]([O-])[C@@H]1[C@@H]2O[C@H](c3ccccc3)OC[C@H]2OC[C@@H]1O. The Kier molecular flexibility index (Phi) is 3.66. The number of rotatable bonds is 2. The Balaban J connectivity index is 1.80. The summed E-state index contributed by atoms with van der Waals surface area (Å²) in [4.78, 5) is 10.6. The van der Waals surface area contributed by atoms with Crippen molar-refractivity contribution >= 4 is 0 Å². The van der Waals surface area contributed by atoms with Gasteiger partial charge in [0.05, 0.1) is 13.2 Å². The zero-order valence-corrected chi connectivity index (χ0v) is 10.6. The molecule has 7 nitrogen and oxygen atoms in total. The summed E-state index contributed by atoms with van der Waals surface area (Å²) in [6.07, 6.45) is -3.17. The maximum absolute atomic E-state index is 11.1. The molecule has 1 aromatic carbocycles. The molecular formula is C13H15NO6. The summed E-state index contributed by atoms with van der Waals surface area (Å²) in [5, 5.41) is 20.9. The van der Waals surface area contributed by atoms with Crippen molar-refractivity contribution in [3.05, 3.63) is 46.0 Å². The minimum Gasteiger partial charge on any atom is -0.383 e. The average molecular weight is 281 g/mol. The van der Waals surface area contributed by atoms with Gasteiger partial charge in [-0.05, 0) is 0 Å². The van der Waals surface area contributed by atoms with Crippen LogP contribution in [0.3, 0.4) is 0 Å². The molecule has 2 fully saturated rings. The second-order valence-electron chi connectivity index (χ2n) is 4.89. The molecule has 2 aliphatic heterocycles. The molecule has 5 atom stereocenters. The van der Waals surface area contributed by atoms with Crippen molar-refractivity contribution in [2.45, 2.75) is 30.6 Å². The Morgan fingerprint density at radius 2 is 1.95 bits per heavy atom. The molecular weight excluding hydrogens is 266 g/mol. The van der Waals surface area contributed by atoms with Crippen molar-refractivity contribution in [2.24, 2.45) is 0 Å². The molecule has 0 radical (unpaired) electrons. The van der Waals surface area contributed by atoms with Gasteiger partial charge in [-0.15, -0.1) is 0 Å². The van der Waals surface area contributed by atoms with E-state index >= 15 is 0 Å². The first kappa shape index (κ1) is 13.4. The molecule has 0 aliphatic carbocycles. The number of aliphatic hydroxyl groups excluding tert-OH is 1. The molecule has 1 aromatic rings. The first-order valence-electron chi connectivity index (χ1n) is 6.42. The third-order valence-electron chi connectivity index (χ3n) is 3.59. The zero-order valence-electron chi connectivity index (χ0n) is 10.6. The van der Waals surface area contributed by atoms with E-state index in [4.69, 9.17) is 14.2 Å². The number of hydrogen-bond donors (Lipinski definition) is 1. The highest BCUT2D eigenvalue weighted by atomic mass is 16.7. The van der Waals surface area contributed by atoms with Gasteiger partial charge in [0, 0.05) is 10.5 Å². The highest BCUT2D eigenvalue weighted by molar-refractivity contribution is 5.16. The Labute approximate surface area is 115 Å². The monoisotopic (exact) mass is 281 g/mol. The van der Waals surface area contributed by atoms with Crippen LogP contribution in [-0.2, 0) is 14.2 Å². The number of nitro groups is 1. The van der Waals surface area contributed by atoms with Crippen LogP contribution >= 0.6 is 0 Å². The van der Waals surface area contributed by atoms with Crippen LogP contribution in [0.1, 0.15) is 11.9 Å². The van der Waals surface area contributed by atoms with Gasteiger partial charge in [0.25, 0.3) is 6.04 Å². The predicted molar refractivity (Wildman–Crippen MR) is 66.5 cm³/mol. The maximum Gasteiger partial charge on any atom is 0.269 e. The van der Waals surface area contributed by atoms with Crippen molar-refractivity contribution < 1.29 is 24.2 Å². The summed E-state index contributed by atoms with van der Waals surface area (Å²) in [5.41, 5.74) is 0.785. The van der Waals surface area contributed by atoms with E-state index in [0.717, 1.165) is 5.56 Å². The molecule has 2 heterocycles. The molecule has 0 saturated carbocycles. The average Bonchev–Trinajstić information content (AvgIpc) is 2.47. The van der Waals surface area contributed by atoms with Crippen LogP contribution in [0.4, 0.5) is 0 Å². The van der Waals surface area contributed by atoms with Crippen LogP contribution < -0.4 is 0 Å². The van der Waals surface area contributed by atoms with Gasteiger partial charge in [-0.3, -0.25) is 10.1 Å². The van der Waals surface area contributed by atoms with Gasteiger partial charge in [-0.25, -0.2) is 0 Å². The fourth-order valence-electron chi connectivity index (χ4n) is 2.58. The third-order valence-corrected chi connectivity index (χ3v) is 3.59. The number of fused-ring (bicyclic) bond motifs is 1. The Morgan fingerprint density at radius 3 is 2.65 bits per heavy atom. The van der Waals surface area contributed by atoms with E-state index in [1.807, 2.05) is 30.3 Å². The molecule has 0 aromatic heterocycles. The first-order chi connectivity index (χ1) is 9.66. The first-order valence-corrected chi connectivity index (χ1v) is 6.42. The summed E-state index contributed by atoms with van der Waals surface area (Å²) in [6, 6.07) is 8.00. The molecule has 0 unspecified atom stereocenters. The quantitative estimate of drug-likeness (QED) is 0.627. The number of benzene rings is 1. The minimum absolute atomic E-state index is 0.0739. The standard InChI is InChI=1S/C13H15NO6/c15-9-6-18-10-7-19-13(8-4-2-1-3-5-8)20-12(10)11(9)14(16)17/h1-5,9-13,15H,6-7H2/t9-,10+,11-,12+,13+/m0/s1. The van der Waals surface area contributed by atoms with Crippen molar-refractivity contribution in [3.63, 3.8) is 0 Å². The van der Waals surface area contributed by atoms with Gasteiger partial charge < -0.3 is 19.3 Å². The molecule has 108 valence electrons. The molecule has 0 amide bonds. The molecule has 7 heteroatoms. The summed E-state index contributed by atoms with van der Waals surface area (Å²) in [7, 11) is 0. The molecule has 0 bridgehead atoms. The van der Waals surface area contributed by atoms with Crippen LogP contribution in [0.15, 0.2) is 30.3 Å². The lowest BCUT2D eigenvalue weighted by Gasteiger charge is -2.41.